The number of hydrogen-bond acceptors (Lipinski definition) is 2. The van der Waals surface area contributed by atoms with Gasteiger partial charge in [-0.1, -0.05) is 27.7 Å². The van der Waals surface area contributed by atoms with Crippen LogP contribution in [0.15, 0.2) is 12.3 Å². The Kier molecular flexibility index (Phi) is 4.75. The molecule has 17 heavy (non-hydrogen) atoms. The Morgan fingerprint density at radius 3 is 2.59 bits per heavy atom. The standard InChI is InChI=1S/C14H26N2O/c1-6-11(2)16-10-9-12(15-16)7-8-13(17)14(3,4)5/h9-11,13,17H,6-8H2,1-5H3. The molecule has 0 saturated carbocycles. The minimum atomic E-state index is -0.267. The summed E-state index contributed by atoms with van der Waals surface area (Å²) >= 11 is 0. The van der Waals surface area contributed by atoms with Crippen LogP contribution in [0.1, 0.15) is 59.2 Å². The van der Waals surface area contributed by atoms with E-state index in [-0.39, 0.29) is 11.5 Å². The zero-order valence-corrected chi connectivity index (χ0v) is 11.8. The predicted octanol–water partition coefficient (Wildman–Crippen LogP) is 3.19. The average Bonchev–Trinajstić information content (AvgIpc) is 2.72. The molecule has 0 spiro atoms. The third kappa shape index (κ3) is 4.15. The van der Waals surface area contributed by atoms with Crippen LogP contribution >= 0.6 is 0 Å². The Balaban J connectivity index is 2.50. The van der Waals surface area contributed by atoms with Gasteiger partial charge in [-0.2, -0.15) is 5.10 Å². The molecule has 0 aromatic carbocycles. The second-order valence-electron chi connectivity index (χ2n) is 5.96. The summed E-state index contributed by atoms with van der Waals surface area (Å²) in [5.41, 5.74) is 1.04. The van der Waals surface area contributed by atoms with Crippen LogP contribution in [0.2, 0.25) is 0 Å². The summed E-state index contributed by atoms with van der Waals surface area (Å²) in [7, 11) is 0. The zero-order valence-electron chi connectivity index (χ0n) is 11.8. The molecule has 98 valence electrons. The topological polar surface area (TPSA) is 38.0 Å². The van der Waals surface area contributed by atoms with Crippen molar-refractivity contribution in [2.75, 3.05) is 0 Å². The van der Waals surface area contributed by atoms with E-state index < -0.39 is 0 Å². The molecule has 0 aliphatic rings. The molecule has 1 aromatic rings. The Hall–Kier alpha value is -0.830. The highest BCUT2D eigenvalue weighted by molar-refractivity contribution is 5.00. The summed E-state index contributed by atoms with van der Waals surface area (Å²) in [5.74, 6) is 0. The van der Waals surface area contributed by atoms with Crippen LogP contribution in [0, 0.1) is 5.41 Å². The summed E-state index contributed by atoms with van der Waals surface area (Å²) in [5, 5.41) is 14.5. The fourth-order valence-corrected chi connectivity index (χ4v) is 1.66. The second-order valence-corrected chi connectivity index (χ2v) is 5.96. The summed E-state index contributed by atoms with van der Waals surface area (Å²) in [6.45, 7) is 10.5. The van der Waals surface area contributed by atoms with Gasteiger partial charge >= 0.3 is 0 Å². The van der Waals surface area contributed by atoms with Gasteiger partial charge in [-0.25, -0.2) is 0 Å². The van der Waals surface area contributed by atoms with Crippen LogP contribution in [0.5, 0.6) is 0 Å². The first kappa shape index (κ1) is 14.2. The summed E-state index contributed by atoms with van der Waals surface area (Å²) in [4.78, 5) is 0. The average molecular weight is 238 g/mol. The fourth-order valence-electron chi connectivity index (χ4n) is 1.66. The molecule has 1 aromatic heterocycles. The highest BCUT2D eigenvalue weighted by atomic mass is 16.3. The lowest BCUT2D eigenvalue weighted by Gasteiger charge is -2.25. The van der Waals surface area contributed by atoms with Gasteiger partial charge in [0.05, 0.1) is 11.8 Å². The van der Waals surface area contributed by atoms with Crippen molar-refractivity contribution in [2.24, 2.45) is 5.41 Å². The Morgan fingerprint density at radius 1 is 1.41 bits per heavy atom. The van der Waals surface area contributed by atoms with Gasteiger partial charge in [0.1, 0.15) is 0 Å². The molecule has 0 radical (unpaired) electrons. The molecule has 0 aliphatic carbocycles. The molecule has 3 heteroatoms. The van der Waals surface area contributed by atoms with Gasteiger partial charge < -0.3 is 5.11 Å². The maximum absolute atomic E-state index is 9.97. The number of aliphatic hydroxyl groups is 1. The van der Waals surface area contributed by atoms with Gasteiger partial charge in [0.15, 0.2) is 0 Å². The number of aromatic nitrogens is 2. The molecule has 2 atom stereocenters. The van der Waals surface area contributed by atoms with E-state index in [2.05, 4.69) is 45.8 Å². The van der Waals surface area contributed by atoms with E-state index in [1.165, 1.54) is 0 Å². The molecule has 3 nitrogen and oxygen atoms in total. The van der Waals surface area contributed by atoms with E-state index in [4.69, 9.17) is 0 Å². The molecule has 1 N–H and O–H groups in total. The minimum Gasteiger partial charge on any atom is -0.393 e. The molecule has 0 saturated heterocycles. The first-order chi connectivity index (χ1) is 7.84. The third-order valence-electron chi connectivity index (χ3n) is 3.38. The minimum absolute atomic E-state index is 0.0424. The van der Waals surface area contributed by atoms with Crippen LogP contribution in [0.3, 0.4) is 0 Å². The summed E-state index contributed by atoms with van der Waals surface area (Å²) in [6.07, 6.45) is 4.48. The SMILES string of the molecule is CCC(C)n1ccc(CCC(O)C(C)(C)C)n1. The molecule has 2 unspecified atom stereocenters. The van der Waals surface area contributed by atoms with Gasteiger partial charge in [0.25, 0.3) is 0 Å². The quantitative estimate of drug-likeness (QED) is 0.855. The Morgan fingerprint density at radius 2 is 2.06 bits per heavy atom. The lowest BCUT2D eigenvalue weighted by Crippen LogP contribution is -2.26. The van der Waals surface area contributed by atoms with E-state index in [0.29, 0.717) is 6.04 Å². The van der Waals surface area contributed by atoms with Gasteiger partial charge in [0, 0.05) is 12.2 Å². The van der Waals surface area contributed by atoms with Crippen molar-refractivity contribution in [1.29, 1.82) is 0 Å². The van der Waals surface area contributed by atoms with Crippen LogP contribution in [0.25, 0.3) is 0 Å². The first-order valence-corrected chi connectivity index (χ1v) is 6.56. The third-order valence-corrected chi connectivity index (χ3v) is 3.38. The smallest absolute Gasteiger partial charge is 0.0625 e. The van der Waals surface area contributed by atoms with E-state index in [1.54, 1.807) is 0 Å². The van der Waals surface area contributed by atoms with Gasteiger partial charge in [0.2, 0.25) is 0 Å². The van der Waals surface area contributed by atoms with Crippen molar-refractivity contribution in [2.45, 2.75) is 66.0 Å². The molecule has 0 amide bonds. The molecular formula is C14H26N2O. The van der Waals surface area contributed by atoms with Crippen molar-refractivity contribution < 1.29 is 5.11 Å². The lowest BCUT2D eigenvalue weighted by atomic mass is 9.86. The van der Waals surface area contributed by atoms with Gasteiger partial charge in [-0.05, 0) is 37.7 Å². The molecule has 1 heterocycles. The predicted molar refractivity (Wildman–Crippen MR) is 71.0 cm³/mol. The van der Waals surface area contributed by atoms with Gasteiger partial charge in [-0.15, -0.1) is 0 Å². The van der Waals surface area contributed by atoms with E-state index in [0.717, 1.165) is 25.0 Å². The molecular weight excluding hydrogens is 212 g/mol. The van der Waals surface area contributed by atoms with E-state index >= 15 is 0 Å². The number of rotatable bonds is 5. The van der Waals surface area contributed by atoms with Crippen LogP contribution < -0.4 is 0 Å². The van der Waals surface area contributed by atoms with Crippen LogP contribution in [-0.4, -0.2) is 21.0 Å². The van der Waals surface area contributed by atoms with Crippen LogP contribution in [-0.2, 0) is 6.42 Å². The molecule has 1 rings (SSSR count). The Bertz CT molecular complexity index is 338. The van der Waals surface area contributed by atoms with Gasteiger partial charge in [-0.3, -0.25) is 4.68 Å². The summed E-state index contributed by atoms with van der Waals surface area (Å²) in [6, 6.07) is 2.51. The highest BCUT2D eigenvalue weighted by Crippen LogP contribution is 2.22. The van der Waals surface area contributed by atoms with Crippen molar-refractivity contribution in [3.63, 3.8) is 0 Å². The first-order valence-electron chi connectivity index (χ1n) is 6.56. The summed E-state index contributed by atoms with van der Waals surface area (Å²) < 4.78 is 2.01. The molecule has 0 aliphatic heterocycles. The van der Waals surface area contributed by atoms with Crippen LogP contribution in [0.4, 0.5) is 0 Å². The fraction of sp³-hybridized carbons (Fsp3) is 0.786. The molecule has 0 fully saturated rings. The van der Waals surface area contributed by atoms with Crippen molar-refractivity contribution >= 4 is 0 Å². The van der Waals surface area contributed by atoms with E-state index in [1.807, 2.05) is 10.9 Å². The number of hydrogen-bond donors (Lipinski definition) is 1. The van der Waals surface area contributed by atoms with Crippen molar-refractivity contribution in [1.82, 2.24) is 9.78 Å². The second kappa shape index (κ2) is 5.67. The lowest BCUT2D eigenvalue weighted by molar-refractivity contribution is 0.0557. The van der Waals surface area contributed by atoms with Crippen molar-refractivity contribution in [3.05, 3.63) is 18.0 Å². The van der Waals surface area contributed by atoms with E-state index in [9.17, 15) is 5.11 Å². The maximum atomic E-state index is 9.97. The Labute approximate surface area is 105 Å². The monoisotopic (exact) mass is 238 g/mol. The number of nitrogens with zero attached hydrogens (tertiary/aromatic N) is 2. The molecule has 0 bridgehead atoms. The largest absolute Gasteiger partial charge is 0.393 e. The maximum Gasteiger partial charge on any atom is 0.0625 e. The zero-order chi connectivity index (χ0) is 13.1. The highest BCUT2D eigenvalue weighted by Gasteiger charge is 2.21. The number of aliphatic hydroxyl groups excluding tert-OH is 1. The number of aryl methyl sites for hydroxylation is 1. The normalized spacial score (nSPS) is 15.9. The van der Waals surface area contributed by atoms with Crippen molar-refractivity contribution in [3.8, 4) is 0 Å².